The molecule has 16 heavy (non-hydrogen) atoms. The number of fused-ring (bicyclic) bond motifs is 1. The summed E-state index contributed by atoms with van der Waals surface area (Å²) in [6, 6.07) is 4.89. The fourth-order valence-corrected chi connectivity index (χ4v) is 4.42. The third kappa shape index (κ3) is 1.39. The van der Waals surface area contributed by atoms with Crippen LogP contribution < -0.4 is 0 Å². The minimum absolute atomic E-state index is 0.214. The van der Waals surface area contributed by atoms with Gasteiger partial charge in [-0.25, -0.2) is 0 Å². The van der Waals surface area contributed by atoms with E-state index < -0.39 is 14.7 Å². The number of halogens is 4. The molecule has 2 rings (SSSR count). The fraction of sp³-hybridized carbons (Fsp3) is 0.273. The third-order valence-corrected chi connectivity index (χ3v) is 7.06. The first-order chi connectivity index (χ1) is 7.28. The third-order valence-electron chi connectivity index (χ3n) is 2.70. The second-order valence-electron chi connectivity index (χ2n) is 3.73. The average Bonchev–Trinajstić information content (AvgIpc) is 2.43. The zero-order chi connectivity index (χ0) is 12.1. The van der Waals surface area contributed by atoms with E-state index >= 15 is 0 Å². The first-order valence-corrected chi connectivity index (χ1v) is 7.11. The van der Waals surface area contributed by atoms with E-state index in [2.05, 4.69) is 0 Å². The molecule has 0 nitrogen and oxygen atoms in total. The summed E-state index contributed by atoms with van der Waals surface area (Å²) in [5.74, 6) is 0. The van der Waals surface area contributed by atoms with Crippen molar-refractivity contribution in [1.29, 1.82) is 0 Å². The maximum absolute atomic E-state index is 13.1. The highest BCUT2D eigenvalue weighted by Crippen LogP contribution is 2.79. The number of aryl methyl sites for hydroxylation is 1. The van der Waals surface area contributed by atoms with Crippen LogP contribution in [0.2, 0.25) is 0 Å². The molecule has 5 heteroatoms. The van der Waals surface area contributed by atoms with Crippen molar-refractivity contribution in [1.82, 2.24) is 0 Å². The Labute approximate surface area is 97.9 Å². The Balaban J connectivity index is 2.72. The number of alkyl halides is 3. The Kier molecular flexibility index (Phi) is 2.55. The molecule has 1 atom stereocenters. The molecule has 1 aliphatic heterocycles. The number of allylic oxidation sites excluding steroid dienone is 1. The van der Waals surface area contributed by atoms with Gasteiger partial charge in [-0.3, -0.25) is 0 Å². The molecular formula is C11H10ClF3S. The molecule has 1 unspecified atom stereocenters. The van der Waals surface area contributed by atoms with Gasteiger partial charge in [0.05, 0.1) is 0 Å². The van der Waals surface area contributed by atoms with Crippen molar-refractivity contribution in [2.75, 3.05) is 0 Å². The van der Waals surface area contributed by atoms with Crippen LogP contribution in [-0.4, -0.2) is 5.51 Å². The van der Waals surface area contributed by atoms with Gasteiger partial charge in [-0.2, -0.15) is 13.2 Å². The minimum atomic E-state index is -4.39. The van der Waals surface area contributed by atoms with Crippen LogP contribution in [0.4, 0.5) is 13.2 Å². The van der Waals surface area contributed by atoms with Gasteiger partial charge in [0, 0.05) is 4.90 Å². The zero-order valence-electron chi connectivity index (χ0n) is 8.73. The Morgan fingerprint density at radius 2 is 1.81 bits per heavy atom. The van der Waals surface area contributed by atoms with E-state index in [0.29, 0.717) is 5.56 Å². The molecule has 0 fully saturated rings. The molecule has 0 saturated heterocycles. The van der Waals surface area contributed by atoms with E-state index in [4.69, 9.17) is 10.7 Å². The minimum Gasteiger partial charge on any atom is -0.160 e. The van der Waals surface area contributed by atoms with Crippen molar-refractivity contribution in [2.45, 2.75) is 24.3 Å². The summed E-state index contributed by atoms with van der Waals surface area (Å²) in [6.07, 6.45) is 1.56. The lowest BCUT2D eigenvalue weighted by Gasteiger charge is -2.33. The Morgan fingerprint density at radius 1 is 1.19 bits per heavy atom. The molecule has 1 aliphatic rings. The van der Waals surface area contributed by atoms with Crippen LogP contribution in [0.25, 0.3) is 6.08 Å². The van der Waals surface area contributed by atoms with Gasteiger partial charge in [0.15, 0.2) is 0 Å². The van der Waals surface area contributed by atoms with E-state index in [9.17, 15) is 13.2 Å². The van der Waals surface area contributed by atoms with Gasteiger partial charge < -0.3 is 0 Å². The zero-order valence-corrected chi connectivity index (χ0v) is 10.3. The molecule has 0 aliphatic carbocycles. The molecule has 0 aromatic heterocycles. The van der Waals surface area contributed by atoms with Crippen LogP contribution in [0.15, 0.2) is 28.0 Å². The van der Waals surface area contributed by atoms with Crippen molar-refractivity contribution in [3.8, 4) is 0 Å². The summed E-state index contributed by atoms with van der Waals surface area (Å²) in [6.45, 7) is 3.25. The van der Waals surface area contributed by atoms with Gasteiger partial charge in [0.25, 0.3) is 0 Å². The summed E-state index contributed by atoms with van der Waals surface area (Å²) in [4.78, 5) is 0.435. The quantitative estimate of drug-likeness (QED) is 0.605. The molecule has 1 aromatic carbocycles. The van der Waals surface area contributed by atoms with Crippen molar-refractivity contribution >= 4 is 26.0 Å². The van der Waals surface area contributed by atoms with Gasteiger partial charge in [-0.1, -0.05) is 12.1 Å². The highest BCUT2D eigenvalue weighted by atomic mass is 35.7. The largest absolute Gasteiger partial charge is 0.445 e. The van der Waals surface area contributed by atoms with Crippen LogP contribution >= 0.6 is 19.9 Å². The average molecular weight is 267 g/mol. The second-order valence-corrected chi connectivity index (χ2v) is 7.74. The number of hydrogen-bond acceptors (Lipinski definition) is 0. The molecule has 0 N–H and O–H groups in total. The lowest BCUT2D eigenvalue weighted by atomic mass is 10.1. The molecule has 1 aromatic rings. The maximum atomic E-state index is 13.1. The van der Waals surface area contributed by atoms with E-state index in [1.165, 1.54) is 13.0 Å². The maximum Gasteiger partial charge on any atom is 0.445 e. The fourth-order valence-electron chi connectivity index (χ4n) is 1.85. The highest BCUT2D eigenvalue weighted by Gasteiger charge is 2.54. The van der Waals surface area contributed by atoms with Crippen LogP contribution in [0.1, 0.15) is 18.1 Å². The number of rotatable bonds is 0. The van der Waals surface area contributed by atoms with Crippen molar-refractivity contribution in [2.24, 2.45) is 0 Å². The SMILES string of the molecule is CC1=Cc2c(C)cccc2S1(Cl)C(F)(F)F. The summed E-state index contributed by atoms with van der Waals surface area (Å²) in [5, 5.41) is 0. The van der Waals surface area contributed by atoms with Gasteiger partial charge in [0.1, 0.15) is 0 Å². The lowest BCUT2D eigenvalue weighted by Crippen LogP contribution is -2.15. The molecular weight excluding hydrogens is 257 g/mol. The predicted molar refractivity (Wildman–Crippen MR) is 62.6 cm³/mol. The monoisotopic (exact) mass is 266 g/mol. The van der Waals surface area contributed by atoms with E-state index in [1.807, 2.05) is 0 Å². The Bertz CT molecular complexity index is 479. The smallest absolute Gasteiger partial charge is 0.160 e. The van der Waals surface area contributed by atoms with Gasteiger partial charge in [0.2, 0.25) is 0 Å². The topological polar surface area (TPSA) is 0 Å². The molecule has 0 bridgehead atoms. The summed E-state index contributed by atoms with van der Waals surface area (Å²) < 4.78 is 39.2. The normalized spacial score (nSPS) is 28.2. The van der Waals surface area contributed by atoms with Crippen LogP contribution in [-0.2, 0) is 0 Å². The van der Waals surface area contributed by atoms with Crippen molar-refractivity contribution < 1.29 is 13.2 Å². The van der Waals surface area contributed by atoms with E-state index in [1.54, 1.807) is 25.1 Å². The Hall–Kier alpha value is -0.610. The number of benzene rings is 1. The molecule has 0 spiro atoms. The first-order valence-electron chi connectivity index (χ1n) is 4.65. The van der Waals surface area contributed by atoms with Gasteiger partial charge in [-0.15, -0.1) is 0 Å². The van der Waals surface area contributed by atoms with Gasteiger partial charge >= 0.3 is 5.51 Å². The van der Waals surface area contributed by atoms with Crippen molar-refractivity contribution in [3.05, 3.63) is 34.2 Å². The summed E-state index contributed by atoms with van der Waals surface area (Å²) in [7, 11) is 2.54. The summed E-state index contributed by atoms with van der Waals surface area (Å²) in [5.41, 5.74) is -2.94. The summed E-state index contributed by atoms with van der Waals surface area (Å²) >= 11 is 0. The molecule has 0 saturated carbocycles. The van der Waals surface area contributed by atoms with E-state index in [-0.39, 0.29) is 9.80 Å². The van der Waals surface area contributed by atoms with Gasteiger partial charge in [-0.05, 0) is 61.9 Å². The molecule has 0 radical (unpaired) electrons. The van der Waals surface area contributed by atoms with Crippen LogP contribution in [0, 0.1) is 6.92 Å². The lowest BCUT2D eigenvalue weighted by molar-refractivity contribution is -0.0359. The molecule has 1 heterocycles. The molecule has 0 amide bonds. The first kappa shape index (κ1) is 11.9. The molecule has 88 valence electrons. The highest BCUT2D eigenvalue weighted by molar-refractivity contribution is 8.54. The predicted octanol–water partition coefficient (Wildman–Crippen LogP) is 5.21. The van der Waals surface area contributed by atoms with E-state index in [0.717, 1.165) is 5.56 Å². The van der Waals surface area contributed by atoms with Crippen molar-refractivity contribution in [3.63, 3.8) is 0 Å². The standard InChI is InChI=1S/C11H10ClF3S/c1-7-4-3-5-10-9(7)6-8(2)16(10,12)11(13,14)15/h3-6H,1-2H3. The second kappa shape index (κ2) is 3.44. The van der Waals surface area contributed by atoms with Crippen LogP contribution in [0.3, 0.4) is 0 Å². The van der Waals surface area contributed by atoms with Crippen LogP contribution in [0.5, 0.6) is 0 Å². The Morgan fingerprint density at radius 3 is 2.38 bits per heavy atom. The number of hydrogen-bond donors (Lipinski definition) is 0.